The van der Waals surface area contributed by atoms with Gasteiger partial charge in [-0.15, -0.1) is 11.3 Å². The van der Waals surface area contributed by atoms with Crippen molar-refractivity contribution in [2.24, 2.45) is 0 Å². The molecule has 7 heteroatoms. The summed E-state index contributed by atoms with van der Waals surface area (Å²) < 4.78 is 1.92. The first-order valence-electron chi connectivity index (χ1n) is 11.0. The number of thiazole rings is 1. The molecule has 162 valence electrons. The van der Waals surface area contributed by atoms with Crippen LogP contribution in [0.1, 0.15) is 36.2 Å². The molecule has 0 unspecified atom stereocenters. The van der Waals surface area contributed by atoms with Gasteiger partial charge in [-0.25, -0.2) is 4.98 Å². The summed E-state index contributed by atoms with van der Waals surface area (Å²) in [6.45, 7) is 1.28. The quantitative estimate of drug-likeness (QED) is 0.396. The van der Waals surface area contributed by atoms with Gasteiger partial charge in [0.2, 0.25) is 0 Å². The number of benzene rings is 1. The number of hydrogen-bond donors (Lipinski definition) is 0. The normalized spacial score (nSPS) is 14.0. The molecule has 0 atom stereocenters. The second-order valence-corrected chi connectivity index (χ2v) is 8.90. The van der Waals surface area contributed by atoms with E-state index < -0.39 is 0 Å². The highest BCUT2D eigenvalue weighted by molar-refractivity contribution is 7.13. The van der Waals surface area contributed by atoms with Crippen molar-refractivity contribution in [1.82, 2.24) is 24.6 Å². The molecule has 3 heterocycles. The molecule has 1 aromatic carbocycles. The van der Waals surface area contributed by atoms with Crippen LogP contribution in [0, 0.1) is 0 Å². The van der Waals surface area contributed by atoms with E-state index in [0.29, 0.717) is 18.8 Å². The highest BCUT2D eigenvalue weighted by Gasteiger charge is 2.28. The summed E-state index contributed by atoms with van der Waals surface area (Å²) in [5.41, 5.74) is 3.54. The number of pyridine rings is 1. The second kappa shape index (κ2) is 9.44. The average molecular weight is 444 g/mol. The predicted octanol–water partition coefficient (Wildman–Crippen LogP) is 5.15. The molecule has 0 aliphatic heterocycles. The molecular formula is C25H25N5OS. The Balaban J connectivity index is 1.32. The highest BCUT2D eigenvalue weighted by Crippen LogP contribution is 2.28. The lowest BCUT2D eigenvalue weighted by Crippen LogP contribution is -2.41. The van der Waals surface area contributed by atoms with Crippen LogP contribution in [0.25, 0.3) is 21.8 Å². The van der Waals surface area contributed by atoms with E-state index in [1.54, 1.807) is 12.4 Å². The van der Waals surface area contributed by atoms with E-state index >= 15 is 0 Å². The van der Waals surface area contributed by atoms with Gasteiger partial charge in [-0.3, -0.25) is 14.5 Å². The fourth-order valence-corrected chi connectivity index (χ4v) is 5.07. The van der Waals surface area contributed by atoms with Gasteiger partial charge in [0.1, 0.15) is 10.7 Å². The minimum atomic E-state index is 0.0249. The summed E-state index contributed by atoms with van der Waals surface area (Å²) in [5.74, 6) is 0.0249. The minimum Gasteiger partial charge on any atom is -0.332 e. The van der Waals surface area contributed by atoms with Crippen molar-refractivity contribution < 1.29 is 4.79 Å². The molecule has 0 N–H and O–H groups in total. The number of nitrogens with zero attached hydrogens (tertiary/aromatic N) is 5. The largest absolute Gasteiger partial charge is 0.332 e. The zero-order valence-corrected chi connectivity index (χ0v) is 18.6. The van der Waals surface area contributed by atoms with E-state index in [4.69, 9.17) is 5.10 Å². The van der Waals surface area contributed by atoms with Crippen LogP contribution < -0.4 is 0 Å². The molecule has 0 saturated heterocycles. The lowest BCUT2D eigenvalue weighted by Gasteiger charge is -2.28. The van der Waals surface area contributed by atoms with Crippen LogP contribution in [0.15, 0.2) is 72.5 Å². The van der Waals surface area contributed by atoms with Crippen LogP contribution in [0.3, 0.4) is 0 Å². The van der Waals surface area contributed by atoms with Crippen molar-refractivity contribution in [2.45, 2.75) is 38.3 Å². The van der Waals surface area contributed by atoms with Crippen molar-refractivity contribution in [1.29, 1.82) is 0 Å². The lowest BCUT2D eigenvalue weighted by molar-refractivity contribution is 0.0666. The molecule has 1 amide bonds. The van der Waals surface area contributed by atoms with Crippen LogP contribution in [-0.4, -0.2) is 43.1 Å². The number of carbonyl (C=O) groups excluding carboxylic acids is 1. The Hall–Kier alpha value is -3.32. The first-order chi connectivity index (χ1) is 15.8. The molecule has 1 saturated carbocycles. The van der Waals surface area contributed by atoms with Crippen LogP contribution in [-0.2, 0) is 6.54 Å². The van der Waals surface area contributed by atoms with Crippen LogP contribution in [0.4, 0.5) is 0 Å². The van der Waals surface area contributed by atoms with Crippen molar-refractivity contribution in [3.05, 3.63) is 78.2 Å². The molecule has 6 nitrogen and oxygen atoms in total. The molecule has 0 radical (unpaired) electrons. The summed E-state index contributed by atoms with van der Waals surface area (Å²) in [6.07, 6.45) is 9.98. The second-order valence-electron chi connectivity index (χ2n) is 8.04. The van der Waals surface area contributed by atoms with Crippen LogP contribution >= 0.6 is 11.3 Å². The molecule has 0 bridgehead atoms. The number of rotatable bonds is 7. The van der Waals surface area contributed by atoms with Gasteiger partial charge in [0, 0.05) is 47.7 Å². The molecule has 1 fully saturated rings. The minimum absolute atomic E-state index is 0.0249. The molecule has 3 aromatic heterocycles. The summed E-state index contributed by atoms with van der Waals surface area (Å²) in [5, 5.41) is 7.47. The Morgan fingerprint density at radius 2 is 1.81 bits per heavy atom. The summed E-state index contributed by atoms with van der Waals surface area (Å²) in [4.78, 5) is 24.2. The van der Waals surface area contributed by atoms with Gasteiger partial charge in [-0.05, 0) is 31.0 Å². The molecule has 32 heavy (non-hydrogen) atoms. The van der Waals surface area contributed by atoms with Crippen LogP contribution in [0.2, 0.25) is 0 Å². The number of aromatic nitrogens is 4. The van der Waals surface area contributed by atoms with Gasteiger partial charge >= 0.3 is 0 Å². The Morgan fingerprint density at radius 1 is 1.03 bits per heavy atom. The van der Waals surface area contributed by atoms with Gasteiger partial charge in [0.05, 0.1) is 12.2 Å². The van der Waals surface area contributed by atoms with Gasteiger partial charge in [0.25, 0.3) is 5.91 Å². The van der Waals surface area contributed by atoms with E-state index in [-0.39, 0.29) is 11.9 Å². The fraction of sp³-hybridized carbons (Fsp3) is 0.280. The van der Waals surface area contributed by atoms with E-state index in [2.05, 4.69) is 9.97 Å². The van der Waals surface area contributed by atoms with Gasteiger partial charge in [-0.2, -0.15) is 5.10 Å². The number of amides is 1. The van der Waals surface area contributed by atoms with E-state index in [1.807, 2.05) is 69.7 Å². The van der Waals surface area contributed by atoms with E-state index in [0.717, 1.165) is 34.7 Å². The molecule has 4 aromatic rings. The first kappa shape index (κ1) is 20.6. The first-order valence-corrected chi connectivity index (χ1v) is 11.9. The monoisotopic (exact) mass is 443 g/mol. The topological polar surface area (TPSA) is 63.9 Å². The van der Waals surface area contributed by atoms with Gasteiger partial charge < -0.3 is 4.90 Å². The third-order valence-corrected chi connectivity index (χ3v) is 6.85. The zero-order valence-electron chi connectivity index (χ0n) is 17.8. The maximum atomic E-state index is 13.5. The average Bonchev–Trinajstić information content (AvgIpc) is 3.62. The van der Waals surface area contributed by atoms with Crippen molar-refractivity contribution in [3.8, 4) is 21.8 Å². The molecule has 5 rings (SSSR count). The highest BCUT2D eigenvalue weighted by atomic mass is 32.1. The fourth-order valence-electron chi connectivity index (χ4n) is 4.27. The van der Waals surface area contributed by atoms with Crippen LogP contribution in [0.5, 0.6) is 0 Å². The number of hydrogen-bond acceptors (Lipinski definition) is 5. The third-order valence-electron chi connectivity index (χ3n) is 5.96. The Bertz CT molecular complexity index is 1170. The van der Waals surface area contributed by atoms with Gasteiger partial charge in [-0.1, -0.05) is 43.2 Å². The van der Waals surface area contributed by atoms with E-state index in [9.17, 15) is 4.79 Å². The van der Waals surface area contributed by atoms with Crippen molar-refractivity contribution in [3.63, 3.8) is 0 Å². The predicted molar refractivity (Wildman–Crippen MR) is 126 cm³/mol. The van der Waals surface area contributed by atoms with Crippen molar-refractivity contribution >= 4 is 17.2 Å². The maximum Gasteiger partial charge on any atom is 0.273 e. The van der Waals surface area contributed by atoms with Gasteiger partial charge in [0.15, 0.2) is 0 Å². The smallest absolute Gasteiger partial charge is 0.273 e. The Labute approximate surface area is 191 Å². The molecule has 0 spiro atoms. The molecular weight excluding hydrogens is 418 g/mol. The number of carbonyl (C=O) groups is 1. The SMILES string of the molecule is O=C(c1csc(-c2ccccc2)n1)N(CCn1ccc(-c2ccncc2)n1)C1CCCC1. The Morgan fingerprint density at radius 3 is 2.59 bits per heavy atom. The summed E-state index contributed by atoms with van der Waals surface area (Å²) in [7, 11) is 0. The van der Waals surface area contributed by atoms with Crippen molar-refractivity contribution in [2.75, 3.05) is 6.54 Å². The summed E-state index contributed by atoms with van der Waals surface area (Å²) in [6, 6.07) is 16.2. The molecule has 1 aliphatic carbocycles. The molecule has 1 aliphatic rings. The maximum absolute atomic E-state index is 13.5. The Kier molecular flexibility index (Phi) is 6.07. The summed E-state index contributed by atoms with van der Waals surface area (Å²) >= 11 is 1.53. The standard InChI is InChI=1S/C25H25N5OS/c31-25(23-18-32-24(27-23)20-6-2-1-3-7-20)30(21-8-4-5-9-21)17-16-29-15-12-22(28-29)19-10-13-26-14-11-19/h1-3,6-7,10-15,18,21H,4-5,8-9,16-17H2. The zero-order chi connectivity index (χ0) is 21.8. The van der Waals surface area contributed by atoms with E-state index in [1.165, 1.54) is 24.2 Å². The third kappa shape index (κ3) is 4.48. The lowest BCUT2D eigenvalue weighted by atomic mass is 10.2.